The van der Waals surface area contributed by atoms with Crippen LogP contribution in [0.3, 0.4) is 0 Å². The van der Waals surface area contributed by atoms with Gasteiger partial charge in [0, 0.05) is 17.5 Å². The normalized spacial score (nSPS) is 30.7. The molecule has 0 radical (unpaired) electrons. The number of benzene rings is 2. The Morgan fingerprint density at radius 1 is 0.956 bits per heavy atom. The maximum Gasteiger partial charge on any atom is 0.328 e. The van der Waals surface area contributed by atoms with Gasteiger partial charge in [0.05, 0.1) is 18.9 Å². The Labute approximate surface area is 259 Å². The minimum atomic E-state index is -2.82. The summed E-state index contributed by atoms with van der Waals surface area (Å²) in [6.07, 6.45) is 0.417. The van der Waals surface area contributed by atoms with Crippen LogP contribution in [0.4, 0.5) is 32.4 Å². The van der Waals surface area contributed by atoms with Crippen LogP contribution < -0.4 is 15.4 Å². The van der Waals surface area contributed by atoms with Gasteiger partial charge < -0.3 is 15.6 Å². The zero-order valence-electron chi connectivity index (χ0n) is 22.5. The van der Waals surface area contributed by atoms with Gasteiger partial charge in [0.25, 0.3) is 11.8 Å². The van der Waals surface area contributed by atoms with Gasteiger partial charge >= 0.3 is 6.03 Å². The highest BCUT2D eigenvalue weighted by atomic mass is 35.5. The number of nitrogens with zero attached hydrogens (tertiary/aromatic N) is 2. The zero-order chi connectivity index (χ0) is 33.1. The van der Waals surface area contributed by atoms with Crippen molar-refractivity contribution < 1.29 is 55.8 Å². The molecule has 3 fully saturated rings. The number of alkyl halides is 2. The van der Waals surface area contributed by atoms with E-state index >= 15 is 8.78 Å². The first kappa shape index (κ1) is 30.8. The summed E-state index contributed by atoms with van der Waals surface area (Å²) in [7, 11) is 1.27. The van der Waals surface area contributed by atoms with E-state index in [1.54, 1.807) is 0 Å². The molecular formula is C28H18Cl2F5N3O7. The van der Waals surface area contributed by atoms with Crippen molar-refractivity contribution in [2.75, 3.05) is 12.0 Å². The predicted octanol–water partition coefficient (Wildman–Crippen LogP) is 3.74. The number of allylic oxidation sites excluding steroid dienone is 2. The summed E-state index contributed by atoms with van der Waals surface area (Å²) in [5, 5.41) is 11.0. The van der Waals surface area contributed by atoms with Gasteiger partial charge in [0.2, 0.25) is 17.6 Å². The molecule has 4 aliphatic rings. The number of nitrogens with two attached hydrogens (primary N) is 1. The quantitative estimate of drug-likeness (QED) is 0.126. The van der Waals surface area contributed by atoms with E-state index in [0.717, 1.165) is 6.07 Å². The van der Waals surface area contributed by atoms with E-state index in [1.807, 2.05) is 0 Å². The van der Waals surface area contributed by atoms with Crippen LogP contribution in [0, 0.1) is 46.8 Å². The largest absolute Gasteiger partial charge is 0.508 e. The molecule has 2 saturated heterocycles. The van der Waals surface area contributed by atoms with Gasteiger partial charge in [-0.1, -0.05) is 17.7 Å². The maximum absolute atomic E-state index is 15.0. The number of hydrogen-bond donors (Lipinski definition) is 2. The van der Waals surface area contributed by atoms with E-state index in [2.05, 4.69) is 0 Å². The fraction of sp³-hybridized carbons (Fsp3) is 0.321. The zero-order valence-corrected chi connectivity index (χ0v) is 24.1. The molecule has 2 aromatic carbocycles. The van der Waals surface area contributed by atoms with Gasteiger partial charge in [0.1, 0.15) is 17.2 Å². The van der Waals surface area contributed by atoms with Crippen LogP contribution in [0.2, 0.25) is 0 Å². The molecule has 236 valence electrons. The number of rotatable bonds is 3. The molecule has 2 aromatic rings. The van der Waals surface area contributed by atoms with E-state index in [9.17, 15) is 42.3 Å². The number of methoxy groups -OCH3 is 1. The summed E-state index contributed by atoms with van der Waals surface area (Å²) in [5.74, 6) is -23.9. The molecule has 2 aliphatic carbocycles. The average Bonchev–Trinajstić information content (AvgIpc) is 3.34. The first-order chi connectivity index (χ1) is 21.0. The highest BCUT2D eigenvalue weighted by molar-refractivity contribution is 6.58. The molecule has 0 bridgehead atoms. The van der Waals surface area contributed by atoms with Crippen molar-refractivity contribution in [2.45, 2.75) is 28.5 Å². The van der Waals surface area contributed by atoms with Crippen LogP contribution in [0.15, 0.2) is 29.8 Å². The van der Waals surface area contributed by atoms with Crippen molar-refractivity contribution in [2.24, 2.45) is 23.5 Å². The summed E-state index contributed by atoms with van der Waals surface area (Å²) in [6, 6.07) is 2.27. The molecule has 3 N–H and O–H groups in total. The number of primary amides is 1. The molecule has 6 amide bonds. The number of phenols is 1. The summed E-state index contributed by atoms with van der Waals surface area (Å²) in [4.78, 5) is 60.8. The van der Waals surface area contributed by atoms with Gasteiger partial charge in [-0.05, 0) is 24.8 Å². The van der Waals surface area contributed by atoms with Crippen LogP contribution in [0.25, 0.3) is 0 Å². The molecule has 2 heterocycles. The third kappa shape index (κ3) is 3.70. The van der Waals surface area contributed by atoms with Crippen LogP contribution in [-0.2, 0) is 19.2 Å². The number of carbonyl (C=O) groups is 5. The second-order valence-corrected chi connectivity index (χ2v) is 12.2. The number of imide groups is 4. The van der Waals surface area contributed by atoms with E-state index in [4.69, 9.17) is 33.7 Å². The summed E-state index contributed by atoms with van der Waals surface area (Å²) >= 11 is 13.9. The molecule has 0 aromatic heterocycles. The lowest BCUT2D eigenvalue weighted by Crippen LogP contribution is -2.60. The number of hydrogen-bond acceptors (Lipinski definition) is 7. The fourth-order valence-electron chi connectivity index (χ4n) is 7.02. The lowest BCUT2D eigenvalue weighted by Gasteiger charge is -2.50. The van der Waals surface area contributed by atoms with Gasteiger partial charge in [0.15, 0.2) is 33.0 Å². The first-order valence-corrected chi connectivity index (χ1v) is 13.8. The Hall–Kier alpha value is -4.24. The molecule has 6 atom stereocenters. The second kappa shape index (κ2) is 9.88. The molecule has 0 unspecified atom stereocenters. The number of ether oxygens (including phenoxy) is 1. The van der Waals surface area contributed by atoms with E-state index in [1.165, 1.54) is 25.3 Å². The number of anilines is 1. The maximum atomic E-state index is 15.0. The first-order valence-electron chi connectivity index (χ1n) is 13.1. The van der Waals surface area contributed by atoms with E-state index in [0.29, 0.717) is 0 Å². The summed E-state index contributed by atoms with van der Waals surface area (Å²) in [5.41, 5.74) is 3.20. The van der Waals surface area contributed by atoms with Gasteiger partial charge in [-0.15, -0.1) is 23.2 Å². The second-order valence-electron chi connectivity index (χ2n) is 11.0. The third-order valence-electron chi connectivity index (χ3n) is 8.99. The number of carbonyl (C=O) groups excluding carboxylic acids is 5. The van der Waals surface area contributed by atoms with E-state index < -0.39 is 110 Å². The number of likely N-dealkylation sites (tertiary alicyclic amines) is 1. The Kier molecular flexibility index (Phi) is 6.76. The number of phenolic OH excluding ortho intramolecular Hbond substituents is 1. The number of aromatic hydroxyl groups is 1. The Morgan fingerprint density at radius 3 is 2.11 bits per heavy atom. The molecule has 6 rings (SSSR count). The van der Waals surface area contributed by atoms with Crippen LogP contribution in [0.5, 0.6) is 11.5 Å². The standard InChI is InChI=1S/C28H18Cl2F5N3O7/c1-45-8-2-3-10(13(39)6-8)15-9-4-5-11-14(23(41)38(22(11)40)26(36)44)12(9)7-27(29)24(42)37(25(43)28(15,27)30)21-19(34)17(32)16(31)18(33)20(21)35/h2-4,6,11-12,14-15,39H,5,7H2,1H3,(H2,36,44)/t11-,12+,14-,15+,27+,28-/m0/s1. The number of urea groups is 1. The predicted molar refractivity (Wildman–Crippen MR) is 143 cm³/mol. The van der Waals surface area contributed by atoms with Crippen molar-refractivity contribution in [3.05, 3.63) is 64.5 Å². The molecule has 45 heavy (non-hydrogen) atoms. The molecule has 2 aliphatic heterocycles. The highest BCUT2D eigenvalue weighted by Crippen LogP contribution is 2.66. The Bertz CT molecular complexity index is 1800. The molecule has 17 heteroatoms. The smallest absolute Gasteiger partial charge is 0.328 e. The SMILES string of the molecule is COc1ccc([C@H]2C3=CC[C@@H]4C(=O)N(C(N)=O)C(=O)[C@@H]4[C@@H]3C[C@@]3(Cl)C(=O)N(c4c(F)c(F)c(F)c(F)c4F)C(=O)[C@@]23Cl)c(O)c1. The minimum absolute atomic E-state index is 0.0795. The average molecular weight is 674 g/mol. The fourth-order valence-corrected chi connectivity index (χ4v) is 7.95. The topological polar surface area (TPSA) is 147 Å². The third-order valence-corrected chi connectivity index (χ3v) is 10.4. The molecule has 0 spiro atoms. The Balaban J connectivity index is 1.62. The molecule has 1 saturated carbocycles. The number of amides is 6. The van der Waals surface area contributed by atoms with Crippen molar-refractivity contribution >= 4 is 58.5 Å². The lowest BCUT2D eigenvalue weighted by atomic mass is 9.56. The van der Waals surface area contributed by atoms with Crippen LogP contribution in [0.1, 0.15) is 24.3 Å². The monoisotopic (exact) mass is 673 g/mol. The van der Waals surface area contributed by atoms with Crippen LogP contribution in [-0.4, -0.2) is 56.5 Å². The van der Waals surface area contributed by atoms with Crippen LogP contribution >= 0.6 is 23.2 Å². The molecular weight excluding hydrogens is 656 g/mol. The Morgan fingerprint density at radius 2 is 1.56 bits per heavy atom. The minimum Gasteiger partial charge on any atom is -0.508 e. The number of fused-ring (bicyclic) bond motifs is 4. The van der Waals surface area contributed by atoms with Crippen molar-refractivity contribution in [3.63, 3.8) is 0 Å². The van der Waals surface area contributed by atoms with Gasteiger partial charge in [-0.3, -0.25) is 19.2 Å². The van der Waals surface area contributed by atoms with Crippen molar-refractivity contribution in [3.8, 4) is 11.5 Å². The van der Waals surface area contributed by atoms with E-state index in [-0.39, 0.29) is 33.1 Å². The highest BCUT2D eigenvalue weighted by Gasteiger charge is 2.77. The number of halogens is 7. The lowest BCUT2D eigenvalue weighted by molar-refractivity contribution is -0.136. The van der Waals surface area contributed by atoms with Crippen molar-refractivity contribution in [1.82, 2.24) is 4.90 Å². The molecule has 10 nitrogen and oxygen atoms in total. The van der Waals surface area contributed by atoms with Gasteiger partial charge in [-0.25, -0.2) is 31.6 Å². The van der Waals surface area contributed by atoms with Crippen molar-refractivity contribution in [1.29, 1.82) is 0 Å². The summed E-state index contributed by atoms with van der Waals surface area (Å²) in [6.45, 7) is 0. The summed E-state index contributed by atoms with van der Waals surface area (Å²) < 4.78 is 77.6. The van der Waals surface area contributed by atoms with Gasteiger partial charge in [-0.2, -0.15) is 4.90 Å².